The molecule has 0 aromatic carbocycles. The van der Waals surface area contributed by atoms with Gasteiger partial charge in [-0.05, 0) is 12.8 Å². The van der Waals surface area contributed by atoms with E-state index in [-0.39, 0.29) is 5.97 Å². The van der Waals surface area contributed by atoms with Gasteiger partial charge in [0.05, 0.1) is 24.5 Å². The van der Waals surface area contributed by atoms with E-state index < -0.39 is 0 Å². The molecule has 0 N–H and O–H groups in total. The molecule has 18 heavy (non-hydrogen) atoms. The minimum Gasteiger partial charge on any atom is -0.394 e. The van der Waals surface area contributed by atoms with Crippen LogP contribution in [0.1, 0.15) is 30.9 Å². The maximum Gasteiger partial charge on any atom is 0.315 e. The van der Waals surface area contributed by atoms with E-state index in [0.717, 1.165) is 24.6 Å². The van der Waals surface area contributed by atoms with Gasteiger partial charge in [-0.3, -0.25) is 9.78 Å². The maximum atomic E-state index is 11.1. The SMILES string of the molecule is O=C(CC1CN(c2cnc(C3CC3)cn2)C1)OI. The normalized spacial score (nSPS) is 19.5. The van der Waals surface area contributed by atoms with Crippen molar-refractivity contribution in [2.45, 2.75) is 25.2 Å². The molecule has 96 valence electrons. The molecule has 3 rings (SSSR count). The van der Waals surface area contributed by atoms with Crippen molar-refractivity contribution in [2.75, 3.05) is 18.0 Å². The van der Waals surface area contributed by atoms with E-state index in [1.54, 1.807) is 23.0 Å². The lowest BCUT2D eigenvalue weighted by Crippen LogP contribution is -2.48. The number of aromatic nitrogens is 2. The average molecular weight is 359 g/mol. The molecule has 1 saturated heterocycles. The van der Waals surface area contributed by atoms with Gasteiger partial charge >= 0.3 is 5.97 Å². The van der Waals surface area contributed by atoms with Gasteiger partial charge in [0.1, 0.15) is 5.82 Å². The number of carbonyl (C=O) groups is 1. The standard InChI is InChI=1S/C12H14IN3O2/c13-18-12(17)3-8-6-16(7-8)11-5-14-10(4-15-11)9-1-2-9/h4-5,8-9H,1-3,6-7H2. The Morgan fingerprint density at radius 1 is 1.39 bits per heavy atom. The molecule has 2 fully saturated rings. The number of nitrogens with zero attached hydrogens (tertiary/aromatic N) is 3. The van der Waals surface area contributed by atoms with Crippen LogP contribution < -0.4 is 4.90 Å². The lowest BCUT2D eigenvalue weighted by molar-refractivity contribution is -0.132. The lowest BCUT2D eigenvalue weighted by Gasteiger charge is -2.39. The number of halogens is 1. The summed E-state index contributed by atoms with van der Waals surface area (Å²) < 4.78 is 4.63. The molecule has 0 radical (unpaired) electrons. The van der Waals surface area contributed by atoms with E-state index in [4.69, 9.17) is 0 Å². The highest BCUT2D eigenvalue weighted by Gasteiger charge is 2.31. The largest absolute Gasteiger partial charge is 0.394 e. The fourth-order valence-corrected chi connectivity index (χ4v) is 2.42. The minimum atomic E-state index is -0.143. The number of carbonyl (C=O) groups excluding carboxylic acids is 1. The Bertz CT molecular complexity index is 441. The van der Waals surface area contributed by atoms with Gasteiger partial charge in [-0.15, -0.1) is 0 Å². The summed E-state index contributed by atoms with van der Waals surface area (Å²) in [5.41, 5.74) is 1.12. The molecule has 0 atom stereocenters. The third-order valence-corrected chi connectivity index (χ3v) is 3.97. The molecule has 2 aliphatic rings. The second kappa shape index (κ2) is 4.99. The molecule has 1 saturated carbocycles. The van der Waals surface area contributed by atoms with E-state index in [1.165, 1.54) is 12.8 Å². The van der Waals surface area contributed by atoms with Crippen LogP contribution in [0.2, 0.25) is 0 Å². The Hall–Kier alpha value is -0.920. The number of anilines is 1. The number of hydrogen-bond donors (Lipinski definition) is 0. The van der Waals surface area contributed by atoms with E-state index in [2.05, 4.69) is 17.9 Å². The second-order valence-electron chi connectivity index (χ2n) is 5.00. The zero-order valence-electron chi connectivity index (χ0n) is 9.88. The summed E-state index contributed by atoms with van der Waals surface area (Å²) in [5, 5.41) is 0. The van der Waals surface area contributed by atoms with Gasteiger partial charge in [0.2, 0.25) is 0 Å². The fraction of sp³-hybridized carbons (Fsp3) is 0.583. The van der Waals surface area contributed by atoms with Crippen molar-refractivity contribution in [1.29, 1.82) is 0 Å². The van der Waals surface area contributed by atoms with Crippen LogP contribution in [0.3, 0.4) is 0 Å². The van der Waals surface area contributed by atoms with Gasteiger partial charge < -0.3 is 7.97 Å². The first kappa shape index (κ1) is 12.1. The van der Waals surface area contributed by atoms with Crippen LogP contribution in [0.25, 0.3) is 0 Å². The summed E-state index contributed by atoms with van der Waals surface area (Å²) in [6.45, 7) is 1.73. The van der Waals surface area contributed by atoms with Crippen LogP contribution >= 0.6 is 23.0 Å². The molecule has 2 heterocycles. The lowest BCUT2D eigenvalue weighted by atomic mass is 9.97. The summed E-state index contributed by atoms with van der Waals surface area (Å²) in [6.07, 6.45) is 6.73. The quantitative estimate of drug-likeness (QED) is 0.771. The molecule has 5 nitrogen and oxygen atoms in total. The molecule has 1 aromatic rings. The highest BCUT2D eigenvalue weighted by Crippen LogP contribution is 2.38. The Morgan fingerprint density at radius 3 is 2.72 bits per heavy atom. The van der Waals surface area contributed by atoms with Crippen molar-refractivity contribution in [1.82, 2.24) is 9.97 Å². The van der Waals surface area contributed by atoms with Crippen molar-refractivity contribution >= 4 is 34.8 Å². The Labute approximate surface area is 120 Å². The molecular formula is C12H14IN3O2. The maximum absolute atomic E-state index is 11.1. The molecular weight excluding hydrogens is 345 g/mol. The highest BCUT2D eigenvalue weighted by atomic mass is 127. The van der Waals surface area contributed by atoms with E-state index >= 15 is 0 Å². The van der Waals surface area contributed by atoms with Gasteiger partial charge in [-0.2, -0.15) is 0 Å². The first-order valence-corrected chi connectivity index (χ1v) is 7.02. The third-order valence-electron chi connectivity index (χ3n) is 3.48. The minimum absolute atomic E-state index is 0.143. The molecule has 0 unspecified atom stereocenters. The first-order chi connectivity index (χ1) is 8.76. The van der Waals surface area contributed by atoms with Gasteiger partial charge in [0.25, 0.3) is 0 Å². The van der Waals surface area contributed by atoms with Crippen LogP contribution in [0.4, 0.5) is 5.82 Å². The molecule has 1 aromatic heterocycles. The predicted octanol–water partition coefficient (Wildman–Crippen LogP) is 2.07. The van der Waals surface area contributed by atoms with Crippen LogP contribution in [0.15, 0.2) is 12.4 Å². The van der Waals surface area contributed by atoms with Crippen molar-refractivity contribution in [3.8, 4) is 0 Å². The summed E-state index contributed by atoms with van der Waals surface area (Å²) in [6, 6.07) is 0. The Morgan fingerprint density at radius 2 is 2.17 bits per heavy atom. The van der Waals surface area contributed by atoms with Gasteiger partial charge in [-0.1, -0.05) is 0 Å². The van der Waals surface area contributed by atoms with Crippen LogP contribution in [0.5, 0.6) is 0 Å². The number of hydrogen-bond acceptors (Lipinski definition) is 5. The van der Waals surface area contributed by atoms with Crippen LogP contribution in [0, 0.1) is 5.92 Å². The second-order valence-corrected chi connectivity index (χ2v) is 5.44. The number of rotatable bonds is 4. The highest BCUT2D eigenvalue weighted by molar-refractivity contribution is 14.1. The zero-order valence-corrected chi connectivity index (χ0v) is 12.0. The fourth-order valence-electron chi connectivity index (χ4n) is 2.24. The summed E-state index contributed by atoms with van der Waals surface area (Å²) in [7, 11) is 0. The summed E-state index contributed by atoms with van der Waals surface area (Å²) in [4.78, 5) is 22.1. The predicted molar refractivity (Wildman–Crippen MR) is 74.4 cm³/mol. The van der Waals surface area contributed by atoms with E-state index in [9.17, 15) is 4.79 Å². The third kappa shape index (κ3) is 2.57. The van der Waals surface area contributed by atoms with Crippen molar-refractivity contribution in [3.63, 3.8) is 0 Å². The molecule has 0 bridgehead atoms. The molecule has 1 aliphatic heterocycles. The monoisotopic (exact) mass is 359 g/mol. The molecule has 6 heteroatoms. The molecule has 0 spiro atoms. The smallest absolute Gasteiger partial charge is 0.315 e. The topological polar surface area (TPSA) is 55.3 Å². The van der Waals surface area contributed by atoms with Crippen LogP contribution in [-0.2, 0) is 7.86 Å². The van der Waals surface area contributed by atoms with Crippen LogP contribution in [-0.4, -0.2) is 29.0 Å². The van der Waals surface area contributed by atoms with Gasteiger partial charge in [0, 0.05) is 24.9 Å². The summed E-state index contributed by atoms with van der Waals surface area (Å²) >= 11 is 1.63. The van der Waals surface area contributed by atoms with Crippen molar-refractivity contribution < 1.29 is 7.86 Å². The Balaban J connectivity index is 1.53. The first-order valence-electron chi connectivity index (χ1n) is 6.14. The average Bonchev–Trinajstić information content (AvgIpc) is 3.17. The van der Waals surface area contributed by atoms with Gasteiger partial charge in [0.15, 0.2) is 23.0 Å². The van der Waals surface area contributed by atoms with E-state index in [0.29, 0.717) is 18.3 Å². The zero-order chi connectivity index (χ0) is 12.5. The molecule has 0 amide bonds. The van der Waals surface area contributed by atoms with E-state index in [1.807, 2.05) is 12.4 Å². The summed E-state index contributed by atoms with van der Waals surface area (Å²) in [5.74, 6) is 1.81. The Kier molecular flexibility index (Phi) is 3.36. The molecule has 1 aliphatic carbocycles. The van der Waals surface area contributed by atoms with Gasteiger partial charge in [-0.25, -0.2) is 4.98 Å². The van der Waals surface area contributed by atoms with Crippen molar-refractivity contribution in [3.05, 3.63) is 18.1 Å². The van der Waals surface area contributed by atoms with Crippen molar-refractivity contribution in [2.24, 2.45) is 5.92 Å².